The Morgan fingerprint density at radius 1 is 1.21 bits per heavy atom. The maximum Gasteiger partial charge on any atom is 0.255 e. The molecule has 0 aliphatic rings. The minimum atomic E-state index is -3.77. The Bertz CT molecular complexity index is 849. The highest BCUT2D eigenvalue weighted by Crippen LogP contribution is 2.09. The first-order chi connectivity index (χ1) is 11.4. The number of aryl methyl sites for hydroxylation is 1. The van der Waals surface area contributed by atoms with Gasteiger partial charge in [-0.3, -0.25) is 4.79 Å². The molecule has 0 saturated heterocycles. The van der Waals surface area contributed by atoms with Gasteiger partial charge in [-0.1, -0.05) is 29.8 Å². The number of nitrogens with zero attached hydrogens (tertiary/aromatic N) is 1. The Hall–Kier alpha value is -2.58. The van der Waals surface area contributed by atoms with Crippen LogP contribution in [-0.2, 0) is 14.8 Å². The third kappa shape index (κ3) is 5.25. The Morgan fingerprint density at radius 2 is 1.92 bits per heavy atom. The Labute approximate surface area is 139 Å². The van der Waals surface area contributed by atoms with Crippen LogP contribution in [0.2, 0.25) is 0 Å². The Kier molecular flexibility index (Phi) is 5.78. The van der Waals surface area contributed by atoms with Crippen molar-refractivity contribution in [1.82, 2.24) is 10.1 Å². The lowest BCUT2D eigenvalue weighted by atomic mass is 10.2. The second-order valence-corrected chi connectivity index (χ2v) is 6.75. The van der Waals surface area contributed by atoms with E-state index in [1.54, 1.807) is 18.2 Å². The number of sulfonamides is 1. The first kappa shape index (κ1) is 17.8. The second kappa shape index (κ2) is 7.80. The summed E-state index contributed by atoms with van der Waals surface area (Å²) < 4.78 is 39.2. The number of amides is 1. The van der Waals surface area contributed by atoms with Gasteiger partial charge in [0.05, 0.1) is 17.7 Å². The molecule has 0 unspecified atom stereocenters. The van der Waals surface area contributed by atoms with Crippen LogP contribution in [0.25, 0.3) is 0 Å². The van der Waals surface area contributed by atoms with E-state index in [-0.39, 0.29) is 4.90 Å². The maximum absolute atomic E-state index is 13.0. The molecule has 1 amide bonds. The third-order valence-electron chi connectivity index (χ3n) is 3.01. The van der Waals surface area contributed by atoms with E-state index in [9.17, 15) is 17.6 Å². The van der Waals surface area contributed by atoms with E-state index >= 15 is 0 Å². The van der Waals surface area contributed by atoms with E-state index in [1.165, 1.54) is 36.5 Å². The molecule has 0 aliphatic carbocycles. The van der Waals surface area contributed by atoms with Crippen LogP contribution in [0.3, 0.4) is 0 Å². The fourth-order valence-electron chi connectivity index (χ4n) is 1.77. The average molecular weight is 349 g/mol. The highest BCUT2D eigenvalue weighted by atomic mass is 32.2. The number of hydrogen-bond donors (Lipinski definition) is 2. The van der Waals surface area contributed by atoms with Crippen molar-refractivity contribution in [3.63, 3.8) is 0 Å². The summed E-state index contributed by atoms with van der Waals surface area (Å²) in [6.07, 6.45) is 1.26. The van der Waals surface area contributed by atoms with Gasteiger partial charge in [-0.05, 0) is 36.8 Å². The van der Waals surface area contributed by atoms with Crippen LogP contribution in [0.5, 0.6) is 0 Å². The SMILES string of the molecule is Cc1ccc(S(=O)(=O)NCC(=O)N/N=C\c2cccc(F)c2)cc1. The molecular formula is C16H16FN3O3S. The molecule has 0 aliphatic heterocycles. The van der Waals surface area contributed by atoms with E-state index in [0.29, 0.717) is 5.56 Å². The average Bonchev–Trinajstić information content (AvgIpc) is 2.54. The molecule has 24 heavy (non-hydrogen) atoms. The van der Waals surface area contributed by atoms with Crippen LogP contribution in [0.1, 0.15) is 11.1 Å². The van der Waals surface area contributed by atoms with E-state index in [4.69, 9.17) is 0 Å². The molecule has 0 fully saturated rings. The summed E-state index contributed by atoms with van der Waals surface area (Å²) >= 11 is 0. The maximum atomic E-state index is 13.0. The van der Waals surface area contributed by atoms with Gasteiger partial charge in [0.2, 0.25) is 10.0 Å². The minimum Gasteiger partial charge on any atom is -0.272 e. The van der Waals surface area contributed by atoms with Crippen molar-refractivity contribution >= 4 is 22.1 Å². The topological polar surface area (TPSA) is 87.6 Å². The molecule has 126 valence electrons. The van der Waals surface area contributed by atoms with Gasteiger partial charge in [-0.2, -0.15) is 5.10 Å². The van der Waals surface area contributed by atoms with Crippen LogP contribution in [0.4, 0.5) is 4.39 Å². The molecule has 0 aromatic heterocycles. The van der Waals surface area contributed by atoms with Crippen molar-refractivity contribution in [2.45, 2.75) is 11.8 Å². The third-order valence-corrected chi connectivity index (χ3v) is 4.42. The van der Waals surface area contributed by atoms with Gasteiger partial charge in [-0.15, -0.1) is 0 Å². The lowest BCUT2D eigenvalue weighted by molar-refractivity contribution is -0.119. The van der Waals surface area contributed by atoms with Gasteiger partial charge >= 0.3 is 0 Å². The minimum absolute atomic E-state index is 0.0733. The van der Waals surface area contributed by atoms with Crippen molar-refractivity contribution in [1.29, 1.82) is 0 Å². The smallest absolute Gasteiger partial charge is 0.255 e. The number of hydrogen-bond acceptors (Lipinski definition) is 4. The van der Waals surface area contributed by atoms with Crippen LogP contribution in [0, 0.1) is 12.7 Å². The molecule has 2 aromatic rings. The van der Waals surface area contributed by atoms with Crippen molar-refractivity contribution in [2.24, 2.45) is 5.10 Å². The van der Waals surface area contributed by atoms with E-state index in [2.05, 4.69) is 15.2 Å². The first-order valence-electron chi connectivity index (χ1n) is 7.01. The highest BCUT2D eigenvalue weighted by molar-refractivity contribution is 7.89. The van der Waals surface area contributed by atoms with Crippen molar-refractivity contribution in [3.8, 4) is 0 Å². The molecule has 0 spiro atoms. The summed E-state index contributed by atoms with van der Waals surface area (Å²) in [6.45, 7) is 1.38. The summed E-state index contributed by atoms with van der Waals surface area (Å²) in [5, 5.41) is 3.64. The number of rotatable bonds is 6. The molecule has 6 nitrogen and oxygen atoms in total. The number of carbonyl (C=O) groups is 1. The van der Waals surface area contributed by atoms with Gasteiger partial charge in [-0.25, -0.2) is 23.0 Å². The number of nitrogens with one attached hydrogen (secondary N) is 2. The fourth-order valence-corrected chi connectivity index (χ4v) is 2.75. The van der Waals surface area contributed by atoms with Crippen molar-refractivity contribution in [2.75, 3.05) is 6.54 Å². The molecule has 0 heterocycles. The highest BCUT2D eigenvalue weighted by Gasteiger charge is 2.14. The van der Waals surface area contributed by atoms with Gasteiger partial charge < -0.3 is 0 Å². The van der Waals surface area contributed by atoms with E-state index in [0.717, 1.165) is 5.56 Å². The van der Waals surface area contributed by atoms with Gasteiger partial charge in [0.1, 0.15) is 5.82 Å². The van der Waals surface area contributed by atoms with Gasteiger partial charge in [0, 0.05) is 0 Å². The largest absolute Gasteiger partial charge is 0.272 e. The number of benzene rings is 2. The second-order valence-electron chi connectivity index (χ2n) is 4.99. The molecule has 2 aromatic carbocycles. The zero-order valence-corrected chi connectivity index (χ0v) is 13.7. The summed E-state index contributed by atoms with van der Waals surface area (Å²) in [5.74, 6) is -1.06. The van der Waals surface area contributed by atoms with E-state index in [1.807, 2.05) is 6.92 Å². The van der Waals surface area contributed by atoms with E-state index < -0.39 is 28.3 Å². The lowest BCUT2D eigenvalue weighted by Gasteiger charge is -2.06. The zero-order valence-electron chi connectivity index (χ0n) is 12.9. The van der Waals surface area contributed by atoms with Gasteiger partial charge in [0.25, 0.3) is 5.91 Å². The summed E-state index contributed by atoms with van der Waals surface area (Å²) in [7, 11) is -3.77. The monoisotopic (exact) mass is 349 g/mol. The molecular weight excluding hydrogens is 333 g/mol. The molecule has 2 rings (SSSR count). The van der Waals surface area contributed by atoms with Gasteiger partial charge in [0.15, 0.2) is 0 Å². The normalized spacial score (nSPS) is 11.6. The Morgan fingerprint density at radius 3 is 2.58 bits per heavy atom. The van der Waals surface area contributed by atoms with Crippen LogP contribution < -0.4 is 10.1 Å². The van der Waals surface area contributed by atoms with Crippen LogP contribution in [0.15, 0.2) is 58.5 Å². The quantitative estimate of drug-likeness (QED) is 0.613. The predicted octanol–water partition coefficient (Wildman–Crippen LogP) is 1.56. The first-order valence-corrected chi connectivity index (χ1v) is 8.49. The summed E-state index contributed by atoms with van der Waals surface area (Å²) in [5.41, 5.74) is 3.56. The van der Waals surface area contributed by atoms with Crippen LogP contribution in [-0.4, -0.2) is 27.1 Å². The van der Waals surface area contributed by atoms with Crippen molar-refractivity contribution in [3.05, 3.63) is 65.5 Å². The molecule has 8 heteroatoms. The summed E-state index contributed by atoms with van der Waals surface area (Å²) in [6, 6.07) is 11.9. The predicted molar refractivity (Wildman–Crippen MR) is 88.5 cm³/mol. The Balaban J connectivity index is 1.87. The molecule has 2 N–H and O–H groups in total. The lowest BCUT2D eigenvalue weighted by Crippen LogP contribution is -2.34. The summed E-state index contributed by atoms with van der Waals surface area (Å²) in [4.78, 5) is 11.7. The zero-order chi connectivity index (χ0) is 17.6. The molecule has 0 bridgehead atoms. The standard InChI is InChI=1S/C16H16FN3O3S/c1-12-5-7-15(8-6-12)24(22,23)19-11-16(21)20-18-10-13-3-2-4-14(17)9-13/h2-10,19H,11H2,1H3,(H,20,21)/b18-10-. The molecule has 0 atom stereocenters. The number of carbonyl (C=O) groups excluding carboxylic acids is 1. The number of halogens is 1. The van der Waals surface area contributed by atoms with Crippen LogP contribution >= 0.6 is 0 Å². The molecule has 0 radical (unpaired) electrons. The van der Waals surface area contributed by atoms with Crippen molar-refractivity contribution < 1.29 is 17.6 Å². The fraction of sp³-hybridized carbons (Fsp3) is 0.125. The molecule has 0 saturated carbocycles. The number of hydrazone groups is 1.